The fourth-order valence-corrected chi connectivity index (χ4v) is 3.73. The van der Waals surface area contributed by atoms with Crippen molar-refractivity contribution in [1.82, 2.24) is 15.5 Å². The van der Waals surface area contributed by atoms with Crippen LogP contribution in [0.4, 0.5) is 10.5 Å². The van der Waals surface area contributed by atoms with Crippen LogP contribution >= 0.6 is 0 Å². The first-order chi connectivity index (χ1) is 15.4. The zero-order valence-electron chi connectivity index (χ0n) is 19.4. The number of carbonyl (C=O) groups is 2. The number of benzene rings is 2. The van der Waals surface area contributed by atoms with Gasteiger partial charge in [-0.2, -0.15) is 0 Å². The summed E-state index contributed by atoms with van der Waals surface area (Å²) in [7, 11) is 3.47. The Kier molecular flexibility index (Phi) is 7.98. The van der Waals surface area contributed by atoms with Gasteiger partial charge in [-0.05, 0) is 56.0 Å². The van der Waals surface area contributed by atoms with E-state index in [-0.39, 0.29) is 18.0 Å². The van der Waals surface area contributed by atoms with Crippen LogP contribution < -0.4 is 20.3 Å². The Morgan fingerprint density at radius 3 is 2.59 bits per heavy atom. The molecule has 1 fully saturated rings. The van der Waals surface area contributed by atoms with Gasteiger partial charge in [-0.25, -0.2) is 4.79 Å². The lowest BCUT2D eigenvalue weighted by Crippen LogP contribution is -2.38. The zero-order valence-corrected chi connectivity index (χ0v) is 19.4. The third kappa shape index (κ3) is 6.15. The number of urea groups is 1. The molecule has 3 amide bonds. The van der Waals surface area contributed by atoms with Crippen molar-refractivity contribution >= 4 is 17.6 Å². The quantitative estimate of drug-likeness (QED) is 0.662. The van der Waals surface area contributed by atoms with Crippen LogP contribution in [0.2, 0.25) is 0 Å². The van der Waals surface area contributed by atoms with Gasteiger partial charge in [-0.3, -0.25) is 4.79 Å². The second kappa shape index (κ2) is 10.9. The topological polar surface area (TPSA) is 73.9 Å². The number of hydrogen-bond acceptors (Lipinski definition) is 4. The van der Waals surface area contributed by atoms with E-state index in [0.717, 1.165) is 36.5 Å². The molecule has 1 atom stereocenters. The molecule has 1 aliphatic heterocycles. The van der Waals surface area contributed by atoms with Crippen molar-refractivity contribution in [3.8, 4) is 5.75 Å². The number of ether oxygens (including phenoxy) is 1. The maximum atomic E-state index is 12.4. The summed E-state index contributed by atoms with van der Waals surface area (Å²) in [6.45, 7) is 6.90. The third-order valence-corrected chi connectivity index (χ3v) is 6.00. The highest BCUT2D eigenvalue weighted by molar-refractivity contribution is 5.94. The van der Waals surface area contributed by atoms with Crippen LogP contribution in [0.1, 0.15) is 36.2 Å². The lowest BCUT2D eigenvalue weighted by atomic mass is 10.1. The largest absolute Gasteiger partial charge is 0.497 e. The summed E-state index contributed by atoms with van der Waals surface area (Å²) >= 11 is 0. The van der Waals surface area contributed by atoms with Crippen LogP contribution in [0.3, 0.4) is 0 Å². The maximum Gasteiger partial charge on any atom is 0.315 e. The van der Waals surface area contributed by atoms with Crippen molar-refractivity contribution in [1.29, 1.82) is 0 Å². The number of nitrogens with zero attached hydrogens (tertiary/aromatic N) is 2. The standard InChI is InChI=1S/C25H34N4O3/c1-18(2)28(3)24(30)21-10-8-19(9-11-21)15-26-25(31)27-16-20-12-13-29(17-20)22-6-5-7-23(14-22)32-4/h5-11,14,18,20H,12-13,15-17H2,1-4H3,(H2,26,27,31). The van der Waals surface area contributed by atoms with Gasteiger partial charge in [0.1, 0.15) is 5.75 Å². The van der Waals surface area contributed by atoms with E-state index < -0.39 is 0 Å². The second-order valence-electron chi connectivity index (χ2n) is 8.57. The third-order valence-electron chi connectivity index (χ3n) is 6.00. The van der Waals surface area contributed by atoms with E-state index in [2.05, 4.69) is 21.6 Å². The predicted octanol–water partition coefficient (Wildman–Crippen LogP) is 3.50. The molecule has 172 valence electrons. The first kappa shape index (κ1) is 23.4. The molecule has 7 heteroatoms. The summed E-state index contributed by atoms with van der Waals surface area (Å²) in [5.41, 5.74) is 2.75. The number of hydrogen-bond donors (Lipinski definition) is 2. The van der Waals surface area contributed by atoms with Gasteiger partial charge in [0.15, 0.2) is 0 Å². The maximum absolute atomic E-state index is 12.4. The molecule has 1 heterocycles. The number of nitrogens with one attached hydrogen (secondary N) is 2. The van der Waals surface area contributed by atoms with Crippen molar-refractivity contribution < 1.29 is 14.3 Å². The predicted molar refractivity (Wildman–Crippen MR) is 127 cm³/mol. The van der Waals surface area contributed by atoms with E-state index in [0.29, 0.717) is 24.6 Å². The molecule has 2 N–H and O–H groups in total. The molecular weight excluding hydrogens is 404 g/mol. The molecule has 32 heavy (non-hydrogen) atoms. The molecule has 1 unspecified atom stereocenters. The Balaban J connectivity index is 1.40. The molecule has 7 nitrogen and oxygen atoms in total. The van der Waals surface area contributed by atoms with E-state index in [9.17, 15) is 9.59 Å². The summed E-state index contributed by atoms with van der Waals surface area (Å²) in [5, 5.41) is 5.88. The van der Waals surface area contributed by atoms with Crippen molar-refractivity contribution in [2.45, 2.75) is 32.9 Å². The minimum Gasteiger partial charge on any atom is -0.497 e. The van der Waals surface area contributed by atoms with Crippen molar-refractivity contribution in [2.24, 2.45) is 5.92 Å². The van der Waals surface area contributed by atoms with E-state index in [4.69, 9.17) is 4.74 Å². The van der Waals surface area contributed by atoms with Crippen LogP contribution in [0.15, 0.2) is 48.5 Å². The molecule has 0 radical (unpaired) electrons. The Hall–Kier alpha value is -3.22. The molecule has 0 aliphatic carbocycles. The van der Waals surface area contributed by atoms with E-state index in [1.165, 1.54) is 0 Å². The number of methoxy groups -OCH3 is 1. The number of carbonyl (C=O) groups excluding carboxylic acids is 2. The molecule has 0 bridgehead atoms. The summed E-state index contributed by atoms with van der Waals surface area (Å²) in [4.78, 5) is 28.6. The molecule has 0 aromatic heterocycles. The number of amides is 3. The van der Waals surface area contributed by atoms with E-state index in [1.54, 1.807) is 19.1 Å². The first-order valence-corrected chi connectivity index (χ1v) is 11.1. The monoisotopic (exact) mass is 438 g/mol. The van der Waals surface area contributed by atoms with Gasteiger partial charge in [0.05, 0.1) is 7.11 Å². The van der Waals surface area contributed by atoms with Gasteiger partial charge < -0.3 is 25.2 Å². The number of anilines is 1. The molecule has 1 aliphatic rings. The van der Waals surface area contributed by atoms with Crippen LogP contribution in [0.5, 0.6) is 5.75 Å². The second-order valence-corrected chi connectivity index (χ2v) is 8.57. The smallest absolute Gasteiger partial charge is 0.315 e. The van der Waals surface area contributed by atoms with Crippen molar-refractivity contribution in [2.75, 3.05) is 38.7 Å². The minimum atomic E-state index is -0.176. The lowest BCUT2D eigenvalue weighted by Gasteiger charge is -2.21. The van der Waals surface area contributed by atoms with Gasteiger partial charge in [0.2, 0.25) is 0 Å². The number of rotatable bonds is 8. The van der Waals surface area contributed by atoms with E-state index in [1.807, 2.05) is 56.3 Å². The molecule has 3 rings (SSSR count). The Labute approximate surface area is 190 Å². The molecule has 0 saturated carbocycles. The van der Waals surface area contributed by atoms with Crippen molar-refractivity contribution in [3.05, 3.63) is 59.7 Å². The average Bonchev–Trinajstić information content (AvgIpc) is 3.30. The molecule has 2 aromatic carbocycles. The first-order valence-electron chi connectivity index (χ1n) is 11.1. The van der Waals surface area contributed by atoms with Crippen LogP contribution in [-0.2, 0) is 6.54 Å². The summed E-state index contributed by atoms with van der Waals surface area (Å²) < 4.78 is 5.31. The SMILES string of the molecule is COc1cccc(N2CCC(CNC(=O)NCc3ccc(C(=O)N(C)C(C)C)cc3)C2)c1. The van der Waals surface area contributed by atoms with E-state index >= 15 is 0 Å². The van der Waals surface area contributed by atoms with Gasteiger partial charge in [0.25, 0.3) is 5.91 Å². The summed E-state index contributed by atoms with van der Waals surface area (Å²) in [6, 6.07) is 15.4. The average molecular weight is 439 g/mol. The fraction of sp³-hybridized carbons (Fsp3) is 0.440. The molecule has 2 aromatic rings. The normalized spacial score (nSPS) is 15.5. The minimum absolute atomic E-state index is 0.00296. The highest BCUT2D eigenvalue weighted by Crippen LogP contribution is 2.26. The Bertz CT molecular complexity index is 914. The molecule has 1 saturated heterocycles. The highest BCUT2D eigenvalue weighted by atomic mass is 16.5. The van der Waals surface area contributed by atoms with Gasteiger partial charge in [-0.15, -0.1) is 0 Å². The van der Waals surface area contributed by atoms with Crippen LogP contribution in [0.25, 0.3) is 0 Å². The zero-order chi connectivity index (χ0) is 23.1. The van der Waals surface area contributed by atoms with Gasteiger partial charge in [-0.1, -0.05) is 18.2 Å². The lowest BCUT2D eigenvalue weighted by molar-refractivity contribution is 0.0755. The fourth-order valence-electron chi connectivity index (χ4n) is 3.73. The van der Waals surface area contributed by atoms with Crippen LogP contribution in [-0.4, -0.2) is 56.7 Å². The van der Waals surface area contributed by atoms with Gasteiger partial charge >= 0.3 is 6.03 Å². The highest BCUT2D eigenvalue weighted by Gasteiger charge is 2.23. The molecule has 0 spiro atoms. The Morgan fingerprint density at radius 1 is 1.16 bits per heavy atom. The summed E-state index contributed by atoms with van der Waals surface area (Å²) in [5.74, 6) is 1.26. The van der Waals surface area contributed by atoms with Crippen LogP contribution in [0, 0.1) is 5.92 Å². The van der Waals surface area contributed by atoms with Gasteiger partial charge in [0, 0.05) is 56.6 Å². The Morgan fingerprint density at radius 2 is 1.91 bits per heavy atom. The summed E-state index contributed by atoms with van der Waals surface area (Å²) in [6.07, 6.45) is 1.04. The van der Waals surface area contributed by atoms with Crippen molar-refractivity contribution in [3.63, 3.8) is 0 Å². The molecular formula is C25H34N4O3.